The molecule has 1 aromatic heterocycles. The molecule has 2 aromatic rings. The number of para-hydroxylation sites is 2. The molecule has 0 fully saturated rings. The monoisotopic (exact) mass is 284 g/mol. The van der Waals surface area contributed by atoms with Crippen molar-refractivity contribution in [2.24, 2.45) is 0 Å². The van der Waals surface area contributed by atoms with Gasteiger partial charge in [-0.2, -0.15) is 0 Å². The second kappa shape index (κ2) is 5.51. The highest BCUT2D eigenvalue weighted by molar-refractivity contribution is 7.10. The summed E-state index contributed by atoms with van der Waals surface area (Å²) in [5.74, 6) is 0.451. The first-order valence-electron chi connectivity index (χ1n) is 6.60. The highest BCUT2D eigenvalue weighted by atomic mass is 32.1. The molecule has 1 unspecified atom stereocenters. The molecule has 0 saturated carbocycles. The third kappa shape index (κ3) is 2.75. The summed E-state index contributed by atoms with van der Waals surface area (Å²) in [5, 5.41) is 5.35. The topological polar surface area (TPSA) is 55.1 Å². The minimum absolute atomic E-state index is 0.173. The van der Waals surface area contributed by atoms with E-state index in [2.05, 4.69) is 16.8 Å². The molecule has 3 nitrogen and oxygen atoms in total. The van der Waals surface area contributed by atoms with Crippen molar-refractivity contribution in [3.8, 4) is 0 Å². The number of nitrogens with one attached hydrogen (secondary N) is 1. The maximum Gasteiger partial charge on any atom is 0.158 e. The van der Waals surface area contributed by atoms with Crippen LogP contribution in [0.4, 0.5) is 11.4 Å². The smallest absolute Gasteiger partial charge is 0.158 e. The molecule has 3 N–H and O–H groups in total. The largest absolute Gasteiger partial charge is 0.397 e. The number of benzene rings is 1. The zero-order valence-electron chi connectivity index (χ0n) is 11.0. The Bertz CT molecular complexity index is 646. The summed E-state index contributed by atoms with van der Waals surface area (Å²) in [6.07, 6.45) is 3.15. The zero-order chi connectivity index (χ0) is 13.9. The first-order valence-corrected chi connectivity index (χ1v) is 7.48. The quantitative estimate of drug-likeness (QED) is 0.843. The Hall–Kier alpha value is -2.07. The van der Waals surface area contributed by atoms with Gasteiger partial charge < -0.3 is 11.1 Å². The fourth-order valence-corrected chi connectivity index (χ4v) is 3.32. The fraction of sp³-hybridized carbons (Fsp3) is 0.188. The average Bonchev–Trinajstić information content (AvgIpc) is 2.95. The van der Waals surface area contributed by atoms with Crippen LogP contribution in [0.25, 0.3) is 0 Å². The van der Waals surface area contributed by atoms with Crippen molar-refractivity contribution in [1.29, 1.82) is 0 Å². The number of hydrogen-bond acceptors (Lipinski definition) is 4. The van der Waals surface area contributed by atoms with E-state index in [0.29, 0.717) is 12.1 Å². The summed E-state index contributed by atoms with van der Waals surface area (Å²) in [4.78, 5) is 13.2. The minimum Gasteiger partial charge on any atom is -0.397 e. The number of ketones is 1. The number of thiophene rings is 1. The Morgan fingerprint density at radius 1 is 1.15 bits per heavy atom. The normalized spacial score (nSPS) is 18.7. The molecule has 102 valence electrons. The first-order chi connectivity index (χ1) is 9.72. The van der Waals surface area contributed by atoms with Crippen LogP contribution in [0.1, 0.15) is 23.6 Å². The van der Waals surface area contributed by atoms with Gasteiger partial charge in [0.1, 0.15) is 0 Å². The highest BCUT2D eigenvalue weighted by Gasteiger charge is 2.23. The summed E-state index contributed by atoms with van der Waals surface area (Å²) < 4.78 is 0. The number of allylic oxidation sites excluding steroid dienone is 2. The van der Waals surface area contributed by atoms with E-state index in [0.717, 1.165) is 17.8 Å². The number of rotatable bonds is 3. The molecule has 1 aromatic carbocycles. The molecule has 0 bridgehead atoms. The molecular weight excluding hydrogens is 268 g/mol. The van der Waals surface area contributed by atoms with E-state index in [1.54, 1.807) is 17.4 Å². The predicted molar refractivity (Wildman–Crippen MR) is 83.9 cm³/mol. The zero-order valence-corrected chi connectivity index (χ0v) is 11.8. The van der Waals surface area contributed by atoms with Crippen LogP contribution in [0, 0.1) is 0 Å². The van der Waals surface area contributed by atoms with Gasteiger partial charge in [-0.05, 0) is 30.0 Å². The van der Waals surface area contributed by atoms with Crippen LogP contribution in [-0.4, -0.2) is 5.78 Å². The molecule has 0 spiro atoms. The Labute approximate surface area is 122 Å². The highest BCUT2D eigenvalue weighted by Crippen LogP contribution is 2.34. The van der Waals surface area contributed by atoms with Crippen LogP contribution >= 0.6 is 11.3 Å². The lowest BCUT2D eigenvalue weighted by Gasteiger charge is -2.22. The van der Waals surface area contributed by atoms with Crippen LogP contribution < -0.4 is 11.1 Å². The second-order valence-corrected chi connectivity index (χ2v) is 5.95. The Balaban J connectivity index is 1.80. The van der Waals surface area contributed by atoms with Gasteiger partial charge in [0.2, 0.25) is 0 Å². The lowest BCUT2D eigenvalue weighted by atomic mass is 9.90. The lowest BCUT2D eigenvalue weighted by Crippen LogP contribution is -2.16. The SMILES string of the molecule is Nc1ccccc1NC1=CC(=O)CC(c2cccs2)C1. The van der Waals surface area contributed by atoms with E-state index in [4.69, 9.17) is 5.73 Å². The van der Waals surface area contributed by atoms with E-state index in [9.17, 15) is 4.79 Å². The number of anilines is 2. The van der Waals surface area contributed by atoms with Crippen LogP contribution in [0.5, 0.6) is 0 Å². The van der Waals surface area contributed by atoms with Gasteiger partial charge >= 0.3 is 0 Å². The van der Waals surface area contributed by atoms with Gasteiger partial charge in [0.15, 0.2) is 5.78 Å². The van der Waals surface area contributed by atoms with Crippen molar-refractivity contribution in [2.75, 3.05) is 11.1 Å². The molecule has 0 aliphatic heterocycles. The van der Waals surface area contributed by atoms with Gasteiger partial charge in [-0.3, -0.25) is 4.79 Å². The van der Waals surface area contributed by atoms with Crippen molar-refractivity contribution in [2.45, 2.75) is 18.8 Å². The Morgan fingerprint density at radius 2 is 2.00 bits per heavy atom. The van der Waals surface area contributed by atoms with Crippen molar-refractivity contribution in [3.05, 3.63) is 58.4 Å². The minimum atomic E-state index is 0.173. The predicted octanol–water partition coefficient (Wildman–Crippen LogP) is 3.77. The van der Waals surface area contributed by atoms with Crippen molar-refractivity contribution in [1.82, 2.24) is 0 Å². The van der Waals surface area contributed by atoms with E-state index in [1.165, 1.54) is 4.88 Å². The van der Waals surface area contributed by atoms with Crippen molar-refractivity contribution < 1.29 is 4.79 Å². The van der Waals surface area contributed by atoms with E-state index >= 15 is 0 Å². The van der Waals surface area contributed by atoms with Gasteiger partial charge in [-0.1, -0.05) is 18.2 Å². The van der Waals surface area contributed by atoms with Crippen LogP contribution in [-0.2, 0) is 4.79 Å². The molecule has 1 aliphatic carbocycles. The van der Waals surface area contributed by atoms with Gasteiger partial charge in [-0.15, -0.1) is 11.3 Å². The number of nitrogen functional groups attached to an aromatic ring is 1. The number of nitrogens with two attached hydrogens (primary N) is 1. The fourth-order valence-electron chi connectivity index (χ4n) is 2.49. The van der Waals surface area contributed by atoms with Gasteiger partial charge in [0.25, 0.3) is 0 Å². The molecule has 3 rings (SSSR count). The Morgan fingerprint density at radius 3 is 2.75 bits per heavy atom. The number of hydrogen-bond donors (Lipinski definition) is 2. The van der Waals surface area contributed by atoms with Crippen molar-refractivity contribution >= 4 is 28.5 Å². The van der Waals surface area contributed by atoms with E-state index < -0.39 is 0 Å². The maximum absolute atomic E-state index is 11.9. The summed E-state index contributed by atoms with van der Waals surface area (Å²) in [7, 11) is 0. The van der Waals surface area contributed by atoms with Gasteiger partial charge in [0, 0.05) is 29.0 Å². The molecule has 0 saturated heterocycles. The van der Waals surface area contributed by atoms with Gasteiger partial charge in [-0.25, -0.2) is 0 Å². The summed E-state index contributed by atoms with van der Waals surface area (Å²) in [5.41, 5.74) is 8.42. The lowest BCUT2D eigenvalue weighted by molar-refractivity contribution is -0.115. The van der Waals surface area contributed by atoms with Crippen LogP contribution in [0.2, 0.25) is 0 Å². The maximum atomic E-state index is 11.9. The van der Waals surface area contributed by atoms with Crippen LogP contribution in [0.15, 0.2) is 53.6 Å². The molecule has 20 heavy (non-hydrogen) atoms. The molecule has 0 amide bonds. The first kappa shape index (κ1) is 12.9. The number of carbonyl (C=O) groups is 1. The molecular formula is C16H16N2OS. The molecule has 0 radical (unpaired) electrons. The standard InChI is InChI=1S/C16H16N2OS/c17-14-4-1-2-5-15(14)18-12-8-11(9-13(19)10-12)16-6-3-7-20-16/h1-7,10-11,18H,8-9,17H2. The van der Waals surface area contributed by atoms with Crippen LogP contribution in [0.3, 0.4) is 0 Å². The van der Waals surface area contributed by atoms with Gasteiger partial charge in [0.05, 0.1) is 11.4 Å². The molecule has 1 atom stereocenters. The third-order valence-corrected chi connectivity index (χ3v) is 4.49. The molecule has 4 heteroatoms. The third-order valence-electron chi connectivity index (χ3n) is 3.45. The average molecular weight is 284 g/mol. The van der Waals surface area contributed by atoms with Crippen molar-refractivity contribution in [3.63, 3.8) is 0 Å². The number of carbonyl (C=O) groups excluding carboxylic acids is 1. The Kier molecular flexibility index (Phi) is 3.56. The summed E-state index contributed by atoms with van der Waals surface area (Å²) >= 11 is 1.71. The summed E-state index contributed by atoms with van der Waals surface area (Å²) in [6, 6.07) is 11.7. The molecule has 1 aliphatic rings. The van der Waals surface area contributed by atoms with E-state index in [1.807, 2.05) is 30.3 Å². The second-order valence-electron chi connectivity index (χ2n) is 4.97. The van der Waals surface area contributed by atoms with E-state index in [-0.39, 0.29) is 11.7 Å². The summed E-state index contributed by atoms with van der Waals surface area (Å²) in [6.45, 7) is 0. The molecule has 1 heterocycles.